The first-order valence-corrected chi connectivity index (χ1v) is 9.20. The van der Waals surface area contributed by atoms with Gasteiger partial charge in [0.15, 0.2) is 5.11 Å². The molecule has 0 saturated heterocycles. The van der Waals surface area contributed by atoms with E-state index >= 15 is 0 Å². The van der Waals surface area contributed by atoms with Gasteiger partial charge in [0, 0.05) is 11.8 Å². The molecular formula is C22H19N3O3S. The second-order valence-corrected chi connectivity index (χ2v) is 6.39. The highest BCUT2D eigenvalue weighted by molar-refractivity contribution is 7.80. The van der Waals surface area contributed by atoms with Gasteiger partial charge in [-0.1, -0.05) is 18.2 Å². The molecule has 146 valence electrons. The Labute approximate surface area is 173 Å². The van der Waals surface area contributed by atoms with E-state index < -0.39 is 5.97 Å². The molecule has 3 rings (SSSR count). The highest BCUT2D eigenvalue weighted by atomic mass is 32.1. The van der Waals surface area contributed by atoms with Crippen LogP contribution in [0.3, 0.4) is 0 Å². The smallest absolute Gasteiger partial charge is 0.336 e. The number of rotatable bonds is 6. The van der Waals surface area contributed by atoms with E-state index in [0.29, 0.717) is 16.6 Å². The van der Waals surface area contributed by atoms with Crippen molar-refractivity contribution < 1.29 is 13.9 Å². The molecule has 7 heteroatoms. The van der Waals surface area contributed by atoms with Gasteiger partial charge in [0.2, 0.25) is 0 Å². The quantitative estimate of drug-likeness (QED) is 0.157. The van der Waals surface area contributed by atoms with Gasteiger partial charge in [0.1, 0.15) is 11.5 Å². The molecule has 0 bridgehead atoms. The maximum absolute atomic E-state index is 11.8. The van der Waals surface area contributed by atoms with Gasteiger partial charge in [-0.15, -0.1) is 0 Å². The Morgan fingerprint density at radius 2 is 1.90 bits per heavy atom. The number of furan rings is 1. The number of ether oxygens (including phenoxy) is 1. The van der Waals surface area contributed by atoms with Gasteiger partial charge >= 0.3 is 5.97 Å². The zero-order chi connectivity index (χ0) is 20.5. The van der Waals surface area contributed by atoms with Crippen molar-refractivity contribution in [3.05, 3.63) is 89.9 Å². The van der Waals surface area contributed by atoms with Gasteiger partial charge in [-0.25, -0.2) is 4.79 Å². The third-order valence-electron chi connectivity index (χ3n) is 3.80. The Hall–Kier alpha value is -3.71. The highest BCUT2D eigenvalue weighted by Gasteiger charge is 2.02. The summed E-state index contributed by atoms with van der Waals surface area (Å²) in [7, 11) is 0. The predicted octanol–water partition coefficient (Wildman–Crippen LogP) is 4.53. The first-order valence-electron chi connectivity index (χ1n) is 8.79. The molecule has 0 spiro atoms. The average molecular weight is 405 g/mol. The topological polar surface area (TPSA) is 75.9 Å². The van der Waals surface area contributed by atoms with Crippen LogP contribution in [-0.2, 0) is 4.79 Å². The largest absolute Gasteiger partial charge is 0.465 e. The van der Waals surface area contributed by atoms with Crippen LogP contribution in [0.25, 0.3) is 6.08 Å². The molecule has 0 aliphatic rings. The Kier molecular flexibility index (Phi) is 6.91. The van der Waals surface area contributed by atoms with Crippen LogP contribution in [0.15, 0.2) is 82.5 Å². The minimum absolute atomic E-state index is 0.393. The van der Waals surface area contributed by atoms with E-state index in [1.165, 1.54) is 12.3 Å². The number of nitrogens with zero attached hydrogens (tertiary/aromatic N) is 1. The first kappa shape index (κ1) is 20.0. The van der Waals surface area contributed by atoms with Crippen molar-refractivity contribution in [1.82, 2.24) is 5.43 Å². The summed E-state index contributed by atoms with van der Waals surface area (Å²) in [6.07, 6.45) is 6.00. The predicted molar refractivity (Wildman–Crippen MR) is 118 cm³/mol. The molecule has 0 unspecified atom stereocenters. The van der Waals surface area contributed by atoms with E-state index in [0.717, 1.165) is 16.8 Å². The van der Waals surface area contributed by atoms with Gasteiger partial charge in [-0.3, -0.25) is 5.43 Å². The second-order valence-electron chi connectivity index (χ2n) is 5.98. The lowest BCUT2D eigenvalue weighted by molar-refractivity contribution is -0.128. The molecule has 0 fully saturated rings. The van der Waals surface area contributed by atoms with Crippen molar-refractivity contribution in [2.24, 2.45) is 5.10 Å². The van der Waals surface area contributed by atoms with Crippen molar-refractivity contribution >= 4 is 41.3 Å². The molecule has 3 aromatic rings. The maximum Gasteiger partial charge on any atom is 0.336 e. The first-order chi connectivity index (χ1) is 14.1. The molecule has 0 radical (unpaired) electrons. The number of hydrogen-bond donors (Lipinski definition) is 2. The van der Waals surface area contributed by atoms with Gasteiger partial charge < -0.3 is 14.5 Å². The van der Waals surface area contributed by atoms with Gasteiger partial charge in [0.05, 0.1) is 12.5 Å². The summed E-state index contributed by atoms with van der Waals surface area (Å²) in [6.45, 7) is 2.00. The fourth-order valence-electron chi connectivity index (χ4n) is 2.34. The van der Waals surface area contributed by atoms with E-state index in [1.807, 2.05) is 31.2 Å². The summed E-state index contributed by atoms with van der Waals surface area (Å²) < 4.78 is 10.3. The van der Waals surface area contributed by atoms with Crippen molar-refractivity contribution in [2.75, 3.05) is 5.32 Å². The van der Waals surface area contributed by atoms with Crippen LogP contribution in [0.2, 0.25) is 0 Å². The molecule has 2 aromatic carbocycles. The SMILES string of the molecule is Cc1ccccc1NC(=S)N/N=C/c1ccc(OC(=O)/C=C/c2ccco2)cc1. The molecule has 6 nitrogen and oxygen atoms in total. The van der Waals surface area contributed by atoms with E-state index in [2.05, 4.69) is 15.8 Å². The van der Waals surface area contributed by atoms with Crippen molar-refractivity contribution in [2.45, 2.75) is 6.92 Å². The van der Waals surface area contributed by atoms with Gasteiger partial charge in [0.25, 0.3) is 0 Å². The number of aryl methyl sites for hydroxylation is 1. The number of nitrogens with one attached hydrogen (secondary N) is 2. The average Bonchev–Trinajstić information content (AvgIpc) is 3.23. The molecule has 0 aliphatic heterocycles. The Morgan fingerprint density at radius 1 is 1.10 bits per heavy atom. The lowest BCUT2D eigenvalue weighted by Gasteiger charge is -2.09. The van der Waals surface area contributed by atoms with E-state index in [-0.39, 0.29) is 0 Å². The maximum atomic E-state index is 11.8. The van der Waals surface area contributed by atoms with E-state index in [1.54, 1.807) is 48.7 Å². The number of para-hydroxylation sites is 1. The second kappa shape index (κ2) is 10.0. The molecule has 0 amide bonds. The van der Waals surface area contributed by atoms with Gasteiger partial charge in [-0.2, -0.15) is 5.10 Å². The van der Waals surface area contributed by atoms with Gasteiger partial charge in [-0.05, 0) is 78.8 Å². The van der Waals surface area contributed by atoms with Crippen molar-refractivity contribution in [1.29, 1.82) is 0 Å². The molecule has 0 saturated carbocycles. The number of hydrazone groups is 1. The third kappa shape index (κ3) is 6.44. The van der Waals surface area contributed by atoms with Crippen molar-refractivity contribution in [3.8, 4) is 5.75 Å². The number of carbonyl (C=O) groups excluding carboxylic acids is 1. The molecule has 29 heavy (non-hydrogen) atoms. The summed E-state index contributed by atoms with van der Waals surface area (Å²) in [4.78, 5) is 11.8. The minimum Gasteiger partial charge on any atom is -0.465 e. The van der Waals surface area contributed by atoms with Crippen LogP contribution in [-0.4, -0.2) is 17.3 Å². The fourth-order valence-corrected chi connectivity index (χ4v) is 2.50. The summed E-state index contributed by atoms with van der Waals surface area (Å²) in [5, 5.41) is 7.59. The number of esters is 1. The lowest BCUT2D eigenvalue weighted by Crippen LogP contribution is -2.24. The zero-order valence-corrected chi connectivity index (χ0v) is 16.5. The van der Waals surface area contributed by atoms with E-state index in [4.69, 9.17) is 21.4 Å². The third-order valence-corrected chi connectivity index (χ3v) is 3.99. The normalized spacial score (nSPS) is 10.9. The number of hydrogen-bond acceptors (Lipinski definition) is 5. The van der Waals surface area contributed by atoms with Crippen LogP contribution in [0, 0.1) is 6.92 Å². The number of thiocarbonyl (C=S) groups is 1. The van der Waals surface area contributed by atoms with Crippen LogP contribution >= 0.6 is 12.2 Å². The summed E-state index contributed by atoms with van der Waals surface area (Å²) in [6, 6.07) is 18.2. The fraction of sp³-hybridized carbons (Fsp3) is 0.0455. The van der Waals surface area contributed by atoms with Crippen LogP contribution in [0.4, 0.5) is 5.69 Å². The molecular weight excluding hydrogens is 386 g/mol. The summed E-state index contributed by atoms with van der Waals surface area (Å²) in [5.74, 6) is 0.522. The Morgan fingerprint density at radius 3 is 2.62 bits per heavy atom. The number of carbonyl (C=O) groups is 1. The molecule has 1 heterocycles. The molecule has 0 aliphatic carbocycles. The number of anilines is 1. The molecule has 2 N–H and O–H groups in total. The highest BCUT2D eigenvalue weighted by Crippen LogP contribution is 2.13. The summed E-state index contributed by atoms with van der Waals surface area (Å²) in [5.41, 5.74) is 5.60. The zero-order valence-electron chi connectivity index (χ0n) is 15.7. The standard InChI is InChI=1S/C22H19N3O3S/c1-16-5-2-3-7-20(16)24-22(29)25-23-15-17-8-10-19(11-9-17)28-21(26)13-12-18-6-4-14-27-18/h2-15H,1H3,(H2,24,25,29)/b13-12+,23-15+. The van der Waals surface area contributed by atoms with Crippen LogP contribution in [0.1, 0.15) is 16.9 Å². The van der Waals surface area contributed by atoms with E-state index in [9.17, 15) is 4.79 Å². The van der Waals surface area contributed by atoms with Crippen LogP contribution in [0.5, 0.6) is 5.75 Å². The van der Waals surface area contributed by atoms with Crippen LogP contribution < -0.4 is 15.5 Å². The number of benzene rings is 2. The van der Waals surface area contributed by atoms with Crippen molar-refractivity contribution in [3.63, 3.8) is 0 Å². The Bertz CT molecular complexity index is 1030. The molecule has 1 aromatic heterocycles. The monoisotopic (exact) mass is 405 g/mol. The Balaban J connectivity index is 1.47. The summed E-state index contributed by atoms with van der Waals surface area (Å²) >= 11 is 5.23. The minimum atomic E-state index is -0.489. The lowest BCUT2D eigenvalue weighted by atomic mass is 10.2. The molecule has 0 atom stereocenters.